The number of rotatable bonds is 1. The molecule has 1 aliphatic heterocycles. The monoisotopic (exact) mass is 247 g/mol. The molecule has 0 spiro atoms. The van der Waals surface area contributed by atoms with E-state index in [0.717, 1.165) is 11.1 Å². The van der Waals surface area contributed by atoms with Gasteiger partial charge in [0.25, 0.3) is 0 Å². The van der Waals surface area contributed by atoms with Crippen LogP contribution in [0.4, 0.5) is 4.39 Å². The van der Waals surface area contributed by atoms with Gasteiger partial charge in [0.05, 0.1) is 0 Å². The number of ether oxygens (including phenoxy) is 1. The van der Waals surface area contributed by atoms with Crippen molar-refractivity contribution < 1.29 is 9.13 Å². The molecule has 0 saturated heterocycles. The fourth-order valence-corrected chi connectivity index (χ4v) is 2.27. The van der Waals surface area contributed by atoms with Gasteiger partial charge < -0.3 is 4.74 Å². The Morgan fingerprint density at radius 3 is 2.76 bits per heavy atom. The number of hydrogen-bond acceptors (Lipinski definition) is 1. The van der Waals surface area contributed by atoms with E-state index in [1.807, 2.05) is 18.2 Å². The Labute approximate surface area is 104 Å². The number of benzene rings is 2. The van der Waals surface area contributed by atoms with Crippen molar-refractivity contribution in [3.8, 4) is 16.9 Å². The minimum Gasteiger partial charge on any atom is -0.485 e. The standard InChI is InChI=1S/C14H9ClFO/c15-13-4-2-1-3-11(13)12-8-10(16)7-9-5-6-17-14(9)12/h1-4,6-8H,5H2. The van der Waals surface area contributed by atoms with Crippen molar-refractivity contribution in [2.75, 3.05) is 0 Å². The lowest BCUT2D eigenvalue weighted by Gasteiger charge is -2.09. The summed E-state index contributed by atoms with van der Waals surface area (Å²) in [4.78, 5) is 0. The molecule has 0 unspecified atom stereocenters. The first-order valence-electron chi connectivity index (χ1n) is 5.31. The van der Waals surface area contributed by atoms with Crippen molar-refractivity contribution in [3.05, 3.63) is 59.4 Å². The van der Waals surface area contributed by atoms with E-state index in [2.05, 4.69) is 0 Å². The largest absolute Gasteiger partial charge is 0.485 e. The molecule has 1 nitrogen and oxygen atoms in total. The van der Waals surface area contributed by atoms with Crippen molar-refractivity contribution in [2.45, 2.75) is 6.42 Å². The van der Waals surface area contributed by atoms with Crippen LogP contribution in [-0.4, -0.2) is 0 Å². The van der Waals surface area contributed by atoms with E-state index in [0.29, 0.717) is 22.8 Å². The second-order valence-corrected chi connectivity index (χ2v) is 4.32. The van der Waals surface area contributed by atoms with Gasteiger partial charge in [-0.05, 0) is 18.2 Å². The molecule has 17 heavy (non-hydrogen) atoms. The lowest BCUT2D eigenvalue weighted by Crippen LogP contribution is -1.88. The van der Waals surface area contributed by atoms with Crippen molar-refractivity contribution in [3.63, 3.8) is 0 Å². The third-order valence-electron chi connectivity index (χ3n) is 2.80. The zero-order chi connectivity index (χ0) is 11.8. The van der Waals surface area contributed by atoms with Gasteiger partial charge in [-0.1, -0.05) is 29.8 Å². The van der Waals surface area contributed by atoms with Crippen LogP contribution in [0.3, 0.4) is 0 Å². The Balaban J connectivity index is 2.25. The summed E-state index contributed by atoms with van der Waals surface area (Å²) < 4.78 is 19.0. The summed E-state index contributed by atoms with van der Waals surface area (Å²) in [6.45, 7) is 1.67. The van der Waals surface area contributed by atoms with Crippen molar-refractivity contribution in [1.82, 2.24) is 0 Å². The first-order valence-corrected chi connectivity index (χ1v) is 5.69. The number of fused-ring (bicyclic) bond motifs is 1. The summed E-state index contributed by atoms with van der Waals surface area (Å²) >= 11 is 6.12. The lowest BCUT2D eigenvalue weighted by molar-refractivity contribution is 0.436. The third-order valence-corrected chi connectivity index (χ3v) is 3.13. The predicted octanol–water partition coefficient (Wildman–Crippen LogP) is 4.24. The molecule has 2 aromatic rings. The van der Waals surface area contributed by atoms with Crippen LogP contribution >= 0.6 is 11.6 Å². The summed E-state index contributed by atoms with van der Waals surface area (Å²) in [7, 11) is 0. The first-order chi connectivity index (χ1) is 8.25. The van der Waals surface area contributed by atoms with Crippen LogP contribution in [-0.2, 0) is 6.42 Å². The molecule has 0 amide bonds. The highest BCUT2D eigenvalue weighted by Crippen LogP contribution is 2.41. The van der Waals surface area contributed by atoms with E-state index < -0.39 is 0 Å². The summed E-state index contributed by atoms with van der Waals surface area (Å²) in [5, 5.41) is 0.593. The SMILES string of the molecule is Fc1cc2c(c(-c3ccccc3Cl)c1)O[CH]C2. The predicted molar refractivity (Wildman–Crippen MR) is 65.5 cm³/mol. The molecular weight excluding hydrogens is 239 g/mol. The maximum Gasteiger partial charge on any atom is 0.140 e. The Hall–Kier alpha value is -1.54. The molecule has 3 heteroatoms. The molecular formula is C14H9ClFO. The van der Waals surface area contributed by atoms with Crippen LogP contribution in [0.2, 0.25) is 5.02 Å². The highest BCUT2D eigenvalue weighted by molar-refractivity contribution is 6.33. The van der Waals surface area contributed by atoms with Crippen LogP contribution in [0.5, 0.6) is 5.75 Å². The topological polar surface area (TPSA) is 9.23 Å². The van der Waals surface area contributed by atoms with Crippen LogP contribution < -0.4 is 4.74 Å². The van der Waals surface area contributed by atoms with Gasteiger partial charge in [0.2, 0.25) is 0 Å². The second kappa shape index (κ2) is 4.04. The molecule has 1 radical (unpaired) electrons. The minimum atomic E-state index is -0.266. The van der Waals surface area contributed by atoms with E-state index in [1.54, 1.807) is 12.7 Å². The van der Waals surface area contributed by atoms with Gasteiger partial charge in [-0.25, -0.2) is 4.39 Å². The molecule has 0 atom stereocenters. The fourth-order valence-electron chi connectivity index (χ4n) is 2.04. The maximum atomic E-state index is 13.5. The van der Waals surface area contributed by atoms with Crippen LogP contribution in [0.1, 0.15) is 5.56 Å². The van der Waals surface area contributed by atoms with E-state index in [1.165, 1.54) is 12.1 Å². The molecule has 3 rings (SSSR count). The van der Waals surface area contributed by atoms with Gasteiger partial charge in [0, 0.05) is 28.1 Å². The third kappa shape index (κ3) is 1.79. The molecule has 1 heterocycles. The normalized spacial score (nSPS) is 13.3. The van der Waals surface area contributed by atoms with Gasteiger partial charge in [-0.15, -0.1) is 0 Å². The highest BCUT2D eigenvalue weighted by atomic mass is 35.5. The van der Waals surface area contributed by atoms with Gasteiger partial charge >= 0.3 is 0 Å². The zero-order valence-electron chi connectivity index (χ0n) is 8.91. The van der Waals surface area contributed by atoms with Crippen molar-refractivity contribution >= 4 is 11.6 Å². The fraction of sp³-hybridized carbons (Fsp3) is 0.0714. The van der Waals surface area contributed by atoms with E-state index >= 15 is 0 Å². The summed E-state index contributed by atoms with van der Waals surface area (Å²) in [5.41, 5.74) is 2.36. The molecule has 0 fully saturated rings. The van der Waals surface area contributed by atoms with E-state index in [4.69, 9.17) is 16.3 Å². The van der Waals surface area contributed by atoms with Crippen molar-refractivity contribution in [1.29, 1.82) is 0 Å². The highest BCUT2D eigenvalue weighted by Gasteiger charge is 2.20. The minimum absolute atomic E-state index is 0.266. The summed E-state index contributed by atoms with van der Waals surface area (Å²) in [6, 6.07) is 10.3. The summed E-state index contributed by atoms with van der Waals surface area (Å²) in [5.74, 6) is 0.442. The zero-order valence-corrected chi connectivity index (χ0v) is 9.67. The van der Waals surface area contributed by atoms with Crippen LogP contribution in [0, 0.1) is 12.4 Å². The molecule has 0 saturated carbocycles. The van der Waals surface area contributed by atoms with Crippen molar-refractivity contribution in [2.24, 2.45) is 0 Å². The molecule has 0 N–H and O–H groups in total. The summed E-state index contributed by atoms with van der Waals surface area (Å²) in [6.07, 6.45) is 0.630. The number of hydrogen-bond donors (Lipinski definition) is 0. The van der Waals surface area contributed by atoms with Gasteiger partial charge in [0.1, 0.15) is 18.2 Å². The average Bonchev–Trinajstić information content (AvgIpc) is 2.76. The quantitative estimate of drug-likeness (QED) is 0.732. The Bertz CT molecular complexity index is 580. The van der Waals surface area contributed by atoms with Crippen LogP contribution in [0.15, 0.2) is 36.4 Å². The van der Waals surface area contributed by atoms with Gasteiger partial charge in [-0.2, -0.15) is 0 Å². The Morgan fingerprint density at radius 1 is 1.12 bits per heavy atom. The van der Waals surface area contributed by atoms with E-state index in [-0.39, 0.29) is 5.82 Å². The maximum absolute atomic E-state index is 13.5. The molecule has 0 bridgehead atoms. The molecule has 0 aliphatic carbocycles. The smallest absolute Gasteiger partial charge is 0.140 e. The first kappa shape index (κ1) is 10.6. The van der Waals surface area contributed by atoms with Gasteiger partial charge in [0.15, 0.2) is 0 Å². The number of halogens is 2. The van der Waals surface area contributed by atoms with Gasteiger partial charge in [-0.3, -0.25) is 0 Å². The van der Waals surface area contributed by atoms with Crippen LogP contribution in [0.25, 0.3) is 11.1 Å². The molecule has 1 aliphatic rings. The molecule has 0 aromatic heterocycles. The Kier molecular flexibility index (Phi) is 2.52. The average molecular weight is 248 g/mol. The molecule has 2 aromatic carbocycles. The van der Waals surface area contributed by atoms with E-state index in [9.17, 15) is 4.39 Å². The lowest BCUT2D eigenvalue weighted by atomic mass is 10.0. The Morgan fingerprint density at radius 2 is 1.94 bits per heavy atom. The molecule has 85 valence electrons. The second-order valence-electron chi connectivity index (χ2n) is 3.91.